The molecule has 0 aliphatic rings. The summed E-state index contributed by atoms with van der Waals surface area (Å²) in [5.41, 5.74) is 4.88. The summed E-state index contributed by atoms with van der Waals surface area (Å²) in [7, 11) is 0. The van der Waals surface area contributed by atoms with E-state index >= 15 is 0 Å². The predicted molar refractivity (Wildman–Crippen MR) is 112 cm³/mol. The minimum atomic E-state index is -0.173. The number of rotatable bonds is 4. The fourth-order valence-corrected chi connectivity index (χ4v) is 3.18. The highest BCUT2D eigenvalue weighted by Crippen LogP contribution is 2.28. The lowest BCUT2D eigenvalue weighted by Gasteiger charge is -2.14. The van der Waals surface area contributed by atoms with E-state index in [0.29, 0.717) is 10.6 Å². The molecule has 1 heterocycles. The van der Waals surface area contributed by atoms with Crippen molar-refractivity contribution in [1.82, 2.24) is 4.98 Å². The molecular formula is C22H18ClN3O. The lowest BCUT2D eigenvalue weighted by atomic mass is 10.1. The van der Waals surface area contributed by atoms with E-state index < -0.39 is 0 Å². The molecule has 0 fully saturated rings. The van der Waals surface area contributed by atoms with Gasteiger partial charge >= 0.3 is 0 Å². The van der Waals surface area contributed by atoms with Crippen LogP contribution in [0.4, 0.5) is 17.1 Å². The molecule has 0 bridgehead atoms. The van der Waals surface area contributed by atoms with Gasteiger partial charge in [0.25, 0.3) is 5.91 Å². The summed E-state index contributed by atoms with van der Waals surface area (Å²) >= 11 is 6.21. The number of amides is 1. The van der Waals surface area contributed by atoms with Crippen molar-refractivity contribution >= 4 is 45.5 Å². The summed E-state index contributed by atoms with van der Waals surface area (Å²) in [6.45, 7) is 1.94. The fourth-order valence-electron chi connectivity index (χ4n) is 3.01. The van der Waals surface area contributed by atoms with E-state index in [1.165, 1.54) is 0 Å². The Labute approximate surface area is 162 Å². The van der Waals surface area contributed by atoms with E-state index in [1.807, 2.05) is 73.8 Å². The standard InChI is InChI=1S/C22H18ClN3O/c1-14-18(23)6-4-8-19(14)26-21-7-3-2-5-17(21)22(27)25-16-9-10-20-15(13-16)11-12-24-20/h2-13,24,26H,1H3,(H,25,27). The number of halogens is 1. The Hall–Kier alpha value is -3.24. The molecule has 4 rings (SSSR count). The Morgan fingerprint density at radius 3 is 2.67 bits per heavy atom. The first-order valence-electron chi connectivity index (χ1n) is 8.61. The van der Waals surface area contributed by atoms with Crippen molar-refractivity contribution in [2.24, 2.45) is 0 Å². The van der Waals surface area contributed by atoms with Gasteiger partial charge in [0, 0.05) is 33.5 Å². The summed E-state index contributed by atoms with van der Waals surface area (Å²) in [6, 6.07) is 20.8. The molecule has 4 nitrogen and oxygen atoms in total. The molecule has 3 N–H and O–H groups in total. The Morgan fingerprint density at radius 2 is 1.78 bits per heavy atom. The fraction of sp³-hybridized carbons (Fsp3) is 0.0455. The molecule has 1 aromatic heterocycles. The second-order valence-electron chi connectivity index (χ2n) is 6.32. The quantitative estimate of drug-likeness (QED) is 0.402. The molecule has 0 saturated carbocycles. The van der Waals surface area contributed by atoms with Crippen LogP contribution in [-0.2, 0) is 0 Å². The van der Waals surface area contributed by atoms with Gasteiger partial charge in [-0.3, -0.25) is 4.79 Å². The minimum absolute atomic E-state index is 0.173. The van der Waals surface area contributed by atoms with Crippen molar-refractivity contribution in [1.29, 1.82) is 0 Å². The number of H-pyrrole nitrogens is 1. The zero-order valence-electron chi connectivity index (χ0n) is 14.7. The van der Waals surface area contributed by atoms with Crippen LogP contribution in [0.15, 0.2) is 72.9 Å². The number of anilines is 3. The third-order valence-electron chi connectivity index (χ3n) is 4.52. The van der Waals surface area contributed by atoms with Gasteiger partial charge in [-0.15, -0.1) is 0 Å². The molecule has 134 valence electrons. The lowest BCUT2D eigenvalue weighted by molar-refractivity contribution is 0.102. The first-order valence-corrected chi connectivity index (χ1v) is 8.99. The molecule has 1 amide bonds. The molecule has 0 aliphatic carbocycles. The van der Waals surface area contributed by atoms with E-state index in [2.05, 4.69) is 15.6 Å². The number of aromatic nitrogens is 1. The van der Waals surface area contributed by atoms with Crippen molar-refractivity contribution in [3.8, 4) is 0 Å². The number of nitrogens with one attached hydrogen (secondary N) is 3. The van der Waals surface area contributed by atoms with Crippen molar-refractivity contribution in [2.45, 2.75) is 6.92 Å². The van der Waals surface area contributed by atoms with Crippen molar-refractivity contribution in [2.75, 3.05) is 10.6 Å². The lowest BCUT2D eigenvalue weighted by Crippen LogP contribution is -2.14. The van der Waals surface area contributed by atoms with Gasteiger partial charge < -0.3 is 15.6 Å². The topological polar surface area (TPSA) is 56.9 Å². The van der Waals surface area contributed by atoms with Crippen LogP contribution >= 0.6 is 11.6 Å². The largest absolute Gasteiger partial charge is 0.361 e. The third-order valence-corrected chi connectivity index (χ3v) is 4.93. The number of fused-ring (bicyclic) bond motifs is 1. The molecule has 0 unspecified atom stereocenters. The molecule has 0 spiro atoms. The first-order chi connectivity index (χ1) is 13.1. The third kappa shape index (κ3) is 3.52. The van der Waals surface area contributed by atoms with Crippen LogP contribution in [-0.4, -0.2) is 10.9 Å². The second-order valence-corrected chi connectivity index (χ2v) is 6.72. The zero-order valence-corrected chi connectivity index (χ0v) is 15.5. The molecule has 27 heavy (non-hydrogen) atoms. The maximum atomic E-state index is 12.9. The smallest absolute Gasteiger partial charge is 0.257 e. The Morgan fingerprint density at radius 1 is 0.963 bits per heavy atom. The first kappa shape index (κ1) is 17.2. The second kappa shape index (κ2) is 7.17. The Kier molecular flexibility index (Phi) is 4.57. The normalized spacial score (nSPS) is 10.7. The SMILES string of the molecule is Cc1c(Cl)cccc1Nc1ccccc1C(=O)Nc1ccc2[nH]ccc2c1. The van der Waals surface area contributed by atoms with Crippen molar-refractivity contribution in [3.05, 3.63) is 89.1 Å². The average molecular weight is 376 g/mol. The number of benzene rings is 3. The van der Waals surface area contributed by atoms with E-state index in [0.717, 1.165) is 33.5 Å². The molecule has 4 aromatic rings. The summed E-state index contributed by atoms with van der Waals surface area (Å²) in [4.78, 5) is 16.0. The summed E-state index contributed by atoms with van der Waals surface area (Å²) in [6.07, 6.45) is 1.88. The molecule has 3 aromatic carbocycles. The average Bonchev–Trinajstić information content (AvgIpc) is 3.13. The van der Waals surface area contributed by atoms with Gasteiger partial charge in [0.15, 0.2) is 0 Å². The minimum Gasteiger partial charge on any atom is -0.361 e. The number of carbonyl (C=O) groups excluding carboxylic acids is 1. The van der Waals surface area contributed by atoms with Gasteiger partial charge in [0.1, 0.15) is 0 Å². The van der Waals surface area contributed by atoms with Crippen LogP contribution in [0, 0.1) is 6.92 Å². The van der Waals surface area contributed by atoms with Gasteiger partial charge in [-0.1, -0.05) is 29.8 Å². The van der Waals surface area contributed by atoms with Gasteiger partial charge in [0.05, 0.1) is 11.3 Å². The number of aromatic amines is 1. The van der Waals surface area contributed by atoms with Crippen LogP contribution in [0.2, 0.25) is 5.02 Å². The van der Waals surface area contributed by atoms with Gasteiger partial charge in [-0.05, 0) is 61.0 Å². The molecule has 0 radical (unpaired) electrons. The zero-order chi connectivity index (χ0) is 18.8. The maximum absolute atomic E-state index is 12.9. The van der Waals surface area contributed by atoms with Crippen molar-refractivity contribution in [3.63, 3.8) is 0 Å². The summed E-state index contributed by atoms with van der Waals surface area (Å²) in [5, 5.41) is 8.03. The Balaban J connectivity index is 1.61. The highest BCUT2D eigenvalue weighted by Gasteiger charge is 2.13. The van der Waals surface area contributed by atoms with Gasteiger partial charge in [0.2, 0.25) is 0 Å². The molecule has 5 heteroatoms. The number of carbonyl (C=O) groups is 1. The number of hydrogen-bond donors (Lipinski definition) is 3. The summed E-state index contributed by atoms with van der Waals surface area (Å²) in [5.74, 6) is -0.173. The van der Waals surface area contributed by atoms with Gasteiger partial charge in [-0.25, -0.2) is 0 Å². The maximum Gasteiger partial charge on any atom is 0.257 e. The highest BCUT2D eigenvalue weighted by atomic mass is 35.5. The molecule has 0 atom stereocenters. The molecule has 0 aliphatic heterocycles. The molecule has 0 saturated heterocycles. The number of para-hydroxylation sites is 1. The number of hydrogen-bond acceptors (Lipinski definition) is 2. The molecular weight excluding hydrogens is 358 g/mol. The van der Waals surface area contributed by atoms with E-state index in [1.54, 1.807) is 6.07 Å². The monoisotopic (exact) mass is 375 g/mol. The van der Waals surface area contributed by atoms with Crippen LogP contribution in [0.1, 0.15) is 15.9 Å². The van der Waals surface area contributed by atoms with Crippen LogP contribution in [0.25, 0.3) is 10.9 Å². The summed E-state index contributed by atoms with van der Waals surface area (Å²) < 4.78 is 0. The van der Waals surface area contributed by atoms with Crippen LogP contribution in [0.3, 0.4) is 0 Å². The van der Waals surface area contributed by atoms with E-state index in [-0.39, 0.29) is 5.91 Å². The Bertz CT molecular complexity index is 1130. The van der Waals surface area contributed by atoms with Crippen molar-refractivity contribution < 1.29 is 4.79 Å². The van der Waals surface area contributed by atoms with Crippen LogP contribution in [0.5, 0.6) is 0 Å². The van der Waals surface area contributed by atoms with E-state index in [4.69, 9.17) is 11.6 Å². The van der Waals surface area contributed by atoms with E-state index in [9.17, 15) is 4.79 Å². The highest BCUT2D eigenvalue weighted by molar-refractivity contribution is 6.31. The van der Waals surface area contributed by atoms with Gasteiger partial charge in [-0.2, -0.15) is 0 Å². The predicted octanol–water partition coefficient (Wildman–Crippen LogP) is 6.13. The van der Waals surface area contributed by atoms with Crippen LogP contribution < -0.4 is 10.6 Å².